The van der Waals surface area contributed by atoms with Crippen LogP contribution in [0.2, 0.25) is 0 Å². The highest BCUT2D eigenvalue weighted by Crippen LogP contribution is 2.28. The molecule has 2 aromatic rings. The van der Waals surface area contributed by atoms with Gasteiger partial charge in [0.25, 0.3) is 0 Å². The maximum Gasteiger partial charge on any atom is 0.231 e. The van der Waals surface area contributed by atoms with Crippen molar-refractivity contribution in [3.63, 3.8) is 0 Å². The molecule has 4 heteroatoms. The van der Waals surface area contributed by atoms with Crippen LogP contribution < -0.4 is 5.32 Å². The first kappa shape index (κ1) is 15.9. The van der Waals surface area contributed by atoms with Crippen molar-refractivity contribution in [2.24, 2.45) is 0 Å². The average molecular weight is 324 g/mol. The van der Waals surface area contributed by atoms with E-state index in [4.69, 9.17) is 0 Å². The molecule has 0 heterocycles. The predicted octanol–water partition coefficient (Wildman–Crippen LogP) is 4.27. The van der Waals surface area contributed by atoms with Gasteiger partial charge in [-0.05, 0) is 35.7 Å². The Morgan fingerprint density at radius 3 is 2.61 bits per heavy atom. The van der Waals surface area contributed by atoms with E-state index in [2.05, 4.69) is 35.7 Å². The predicted molar refractivity (Wildman–Crippen MR) is 94.2 cm³/mol. The molecule has 1 aliphatic rings. The molecule has 1 saturated carbocycles. The van der Waals surface area contributed by atoms with Gasteiger partial charge in [-0.2, -0.15) is 5.26 Å². The van der Waals surface area contributed by atoms with Crippen LogP contribution >= 0.6 is 11.8 Å². The lowest BCUT2D eigenvalue weighted by atomic mass is 9.83. The largest absolute Gasteiger partial charge is 0.337 e. The monoisotopic (exact) mass is 324 g/mol. The van der Waals surface area contributed by atoms with Crippen LogP contribution in [-0.4, -0.2) is 17.2 Å². The molecule has 0 aromatic heterocycles. The number of nitrogens with one attached hydrogen (secondary N) is 1. The van der Waals surface area contributed by atoms with Crippen molar-refractivity contribution >= 4 is 28.4 Å². The molecular weight excluding hydrogens is 304 g/mol. The lowest BCUT2D eigenvalue weighted by molar-refractivity contribution is -0.120. The fraction of sp³-hybridized carbons (Fsp3) is 0.368. The summed E-state index contributed by atoms with van der Waals surface area (Å²) in [7, 11) is 0. The molecule has 1 aliphatic carbocycles. The number of benzene rings is 2. The van der Waals surface area contributed by atoms with E-state index < -0.39 is 5.54 Å². The summed E-state index contributed by atoms with van der Waals surface area (Å²) in [6.45, 7) is 0. The fourth-order valence-corrected chi connectivity index (χ4v) is 3.87. The third-order valence-electron chi connectivity index (χ3n) is 4.39. The summed E-state index contributed by atoms with van der Waals surface area (Å²) in [5.41, 5.74) is -0.640. The first-order chi connectivity index (χ1) is 11.2. The number of carbonyl (C=O) groups is 1. The Kier molecular flexibility index (Phi) is 4.88. The minimum Gasteiger partial charge on any atom is -0.337 e. The summed E-state index contributed by atoms with van der Waals surface area (Å²) in [6, 6.07) is 16.7. The second-order valence-corrected chi connectivity index (χ2v) is 7.15. The Balaban J connectivity index is 1.60. The second-order valence-electron chi connectivity index (χ2n) is 6.10. The molecule has 0 saturated heterocycles. The minimum atomic E-state index is -0.640. The van der Waals surface area contributed by atoms with Crippen molar-refractivity contribution < 1.29 is 4.79 Å². The molecule has 0 aliphatic heterocycles. The fourth-order valence-electron chi connectivity index (χ4n) is 3.13. The Morgan fingerprint density at radius 1 is 1.13 bits per heavy atom. The van der Waals surface area contributed by atoms with Gasteiger partial charge in [0, 0.05) is 4.90 Å². The molecule has 0 bridgehead atoms. The summed E-state index contributed by atoms with van der Waals surface area (Å²) in [5.74, 6) is 0.300. The Labute approximate surface area is 141 Å². The van der Waals surface area contributed by atoms with E-state index in [1.807, 2.05) is 18.2 Å². The number of hydrogen-bond donors (Lipinski definition) is 1. The number of carbonyl (C=O) groups excluding carboxylic acids is 1. The Hall–Kier alpha value is -1.99. The summed E-state index contributed by atoms with van der Waals surface area (Å²) in [5, 5.41) is 14.8. The molecule has 3 nitrogen and oxygen atoms in total. The van der Waals surface area contributed by atoms with Crippen molar-refractivity contribution in [1.82, 2.24) is 5.32 Å². The quantitative estimate of drug-likeness (QED) is 0.854. The van der Waals surface area contributed by atoms with Crippen molar-refractivity contribution in [1.29, 1.82) is 5.26 Å². The van der Waals surface area contributed by atoms with E-state index >= 15 is 0 Å². The van der Waals surface area contributed by atoms with Crippen LogP contribution in [0.25, 0.3) is 10.8 Å². The molecule has 0 atom stereocenters. The van der Waals surface area contributed by atoms with Gasteiger partial charge in [-0.3, -0.25) is 4.79 Å². The normalized spacial score (nSPS) is 16.7. The minimum absolute atomic E-state index is 0.0494. The van der Waals surface area contributed by atoms with Gasteiger partial charge < -0.3 is 5.32 Å². The lowest BCUT2D eigenvalue weighted by Gasteiger charge is -2.31. The van der Waals surface area contributed by atoms with Gasteiger partial charge in [-0.25, -0.2) is 0 Å². The first-order valence-corrected chi connectivity index (χ1v) is 9.03. The van der Waals surface area contributed by atoms with Crippen LogP contribution in [0.15, 0.2) is 47.4 Å². The van der Waals surface area contributed by atoms with Gasteiger partial charge in [0.2, 0.25) is 5.91 Å². The second kappa shape index (κ2) is 7.06. The zero-order chi connectivity index (χ0) is 16.1. The van der Waals surface area contributed by atoms with Crippen LogP contribution in [0.4, 0.5) is 0 Å². The van der Waals surface area contributed by atoms with Gasteiger partial charge in [0.1, 0.15) is 5.54 Å². The third kappa shape index (κ3) is 3.86. The molecule has 118 valence electrons. The molecule has 0 radical (unpaired) electrons. The number of thioether (sulfide) groups is 1. The van der Waals surface area contributed by atoms with Gasteiger partial charge in [0.05, 0.1) is 11.8 Å². The summed E-state index contributed by atoms with van der Waals surface area (Å²) in [6.07, 6.45) is 4.74. The van der Waals surface area contributed by atoms with Crippen LogP contribution in [0.3, 0.4) is 0 Å². The van der Waals surface area contributed by atoms with E-state index in [9.17, 15) is 10.1 Å². The third-order valence-corrected chi connectivity index (χ3v) is 5.38. The van der Waals surface area contributed by atoms with Crippen LogP contribution in [-0.2, 0) is 4.79 Å². The zero-order valence-corrected chi connectivity index (χ0v) is 13.9. The van der Waals surface area contributed by atoms with E-state index in [-0.39, 0.29) is 5.91 Å². The molecule has 0 spiro atoms. The molecule has 1 fully saturated rings. The van der Waals surface area contributed by atoms with Crippen molar-refractivity contribution in [3.8, 4) is 6.07 Å². The maximum atomic E-state index is 12.2. The number of nitrogens with zero attached hydrogens (tertiary/aromatic N) is 1. The maximum absolute atomic E-state index is 12.2. The molecule has 2 aromatic carbocycles. The number of rotatable bonds is 4. The highest BCUT2D eigenvalue weighted by Gasteiger charge is 2.33. The Morgan fingerprint density at radius 2 is 1.87 bits per heavy atom. The average Bonchev–Trinajstić information content (AvgIpc) is 2.60. The van der Waals surface area contributed by atoms with Crippen LogP contribution in [0, 0.1) is 11.3 Å². The van der Waals surface area contributed by atoms with E-state index in [0.717, 1.165) is 37.0 Å². The topological polar surface area (TPSA) is 52.9 Å². The number of amides is 1. The molecule has 3 rings (SSSR count). The van der Waals surface area contributed by atoms with E-state index in [1.54, 1.807) is 0 Å². The highest BCUT2D eigenvalue weighted by atomic mass is 32.2. The SMILES string of the molecule is N#CC1(NC(=O)CSc2ccc3ccccc3c2)CCCCC1. The molecular formula is C19H20N2OS. The smallest absolute Gasteiger partial charge is 0.231 e. The molecule has 23 heavy (non-hydrogen) atoms. The summed E-state index contributed by atoms with van der Waals surface area (Å²) < 4.78 is 0. The summed E-state index contributed by atoms with van der Waals surface area (Å²) >= 11 is 1.52. The number of hydrogen-bond acceptors (Lipinski definition) is 3. The van der Waals surface area contributed by atoms with Crippen molar-refractivity contribution in [3.05, 3.63) is 42.5 Å². The standard InChI is InChI=1S/C19H20N2OS/c20-14-19(10-4-1-5-11-19)21-18(22)13-23-17-9-8-15-6-2-3-7-16(15)12-17/h2-3,6-9,12H,1,4-5,10-11,13H2,(H,21,22). The molecule has 1 amide bonds. The van der Waals surface area contributed by atoms with Crippen LogP contribution in [0.5, 0.6) is 0 Å². The van der Waals surface area contributed by atoms with Gasteiger partial charge in [-0.15, -0.1) is 11.8 Å². The molecule has 0 unspecified atom stereocenters. The van der Waals surface area contributed by atoms with E-state index in [1.165, 1.54) is 22.5 Å². The van der Waals surface area contributed by atoms with Crippen molar-refractivity contribution in [2.75, 3.05) is 5.75 Å². The van der Waals surface area contributed by atoms with Crippen LogP contribution in [0.1, 0.15) is 32.1 Å². The highest BCUT2D eigenvalue weighted by molar-refractivity contribution is 8.00. The molecule has 1 N–H and O–H groups in total. The first-order valence-electron chi connectivity index (χ1n) is 8.05. The van der Waals surface area contributed by atoms with Gasteiger partial charge in [0.15, 0.2) is 0 Å². The summed E-state index contributed by atoms with van der Waals surface area (Å²) in [4.78, 5) is 13.3. The number of fused-ring (bicyclic) bond motifs is 1. The number of nitriles is 1. The lowest BCUT2D eigenvalue weighted by Crippen LogP contribution is -2.49. The van der Waals surface area contributed by atoms with Crippen molar-refractivity contribution in [2.45, 2.75) is 42.5 Å². The van der Waals surface area contributed by atoms with Gasteiger partial charge in [-0.1, -0.05) is 49.6 Å². The van der Waals surface area contributed by atoms with Gasteiger partial charge >= 0.3 is 0 Å². The van der Waals surface area contributed by atoms with E-state index in [0.29, 0.717) is 5.75 Å². The zero-order valence-electron chi connectivity index (χ0n) is 13.0. The Bertz CT molecular complexity index is 744.